The Bertz CT molecular complexity index is 1190. The van der Waals surface area contributed by atoms with Gasteiger partial charge in [-0.2, -0.15) is 0 Å². The summed E-state index contributed by atoms with van der Waals surface area (Å²) < 4.78 is 1.75. The number of carbonyl (C=O) groups is 1. The van der Waals surface area contributed by atoms with E-state index in [0.29, 0.717) is 29.1 Å². The van der Waals surface area contributed by atoms with Gasteiger partial charge in [0.2, 0.25) is 0 Å². The molecule has 1 aliphatic heterocycles. The molecule has 6 heteroatoms. The average molecular weight is 396 g/mol. The molecule has 6 nitrogen and oxygen atoms in total. The van der Waals surface area contributed by atoms with Crippen molar-refractivity contribution >= 4 is 11.6 Å². The second-order valence-electron chi connectivity index (χ2n) is 7.38. The minimum atomic E-state index is -1.71. The van der Waals surface area contributed by atoms with Crippen LogP contribution in [0.4, 0.5) is 5.69 Å². The minimum Gasteiger partial charge on any atom is -0.372 e. The van der Waals surface area contributed by atoms with Crippen LogP contribution in [0.15, 0.2) is 91.1 Å². The summed E-state index contributed by atoms with van der Waals surface area (Å²) in [4.78, 5) is 15.0. The summed E-state index contributed by atoms with van der Waals surface area (Å²) in [7, 11) is 0. The predicted octanol–water partition coefficient (Wildman–Crippen LogP) is 3.11. The van der Waals surface area contributed by atoms with Gasteiger partial charge in [-0.1, -0.05) is 84.1 Å². The standard InChI is InChI=1S/C24H20N4O2/c29-23-24(30,19-11-5-2-6-12-19)21-13-7-8-14-22(21)28(23)17-20-16-27(26-25-20)15-18-9-3-1-4-10-18/h1-14,16,30H,15,17H2. The van der Waals surface area contributed by atoms with Gasteiger partial charge < -0.3 is 10.0 Å². The van der Waals surface area contributed by atoms with Crippen LogP contribution in [0.25, 0.3) is 0 Å². The SMILES string of the molecule is O=C1N(Cc2cn(Cc3ccccc3)nn2)c2ccccc2C1(O)c1ccccc1. The smallest absolute Gasteiger partial charge is 0.268 e. The lowest BCUT2D eigenvalue weighted by Crippen LogP contribution is -2.40. The van der Waals surface area contributed by atoms with Gasteiger partial charge in [-0.15, -0.1) is 5.10 Å². The molecule has 0 spiro atoms. The topological polar surface area (TPSA) is 71.2 Å². The van der Waals surface area contributed by atoms with E-state index in [4.69, 9.17) is 0 Å². The van der Waals surface area contributed by atoms with Crippen LogP contribution in [0.2, 0.25) is 0 Å². The lowest BCUT2D eigenvalue weighted by molar-refractivity contribution is -0.132. The molecule has 2 heterocycles. The highest BCUT2D eigenvalue weighted by Gasteiger charge is 2.50. The molecule has 1 aliphatic rings. The summed E-state index contributed by atoms with van der Waals surface area (Å²) >= 11 is 0. The Hall–Kier alpha value is -3.77. The number of benzene rings is 3. The van der Waals surface area contributed by atoms with Gasteiger partial charge >= 0.3 is 0 Å². The number of amides is 1. The van der Waals surface area contributed by atoms with Crippen LogP contribution in [-0.4, -0.2) is 26.0 Å². The van der Waals surface area contributed by atoms with Crippen LogP contribution < -0.4 is 4.90 Å². The molecule has 0 bridgehead atoms. The van der Waals surface area contributed by atoms with Crippen molar-refractivity contribution in [2.24, 2.45) is 0 Å². The first-order valence-electron chi connectivity index (χ1n) is 9.78. The number of carbonyl (C=O) groups excluding carboxylic acids is 1. The van der Waals surface area contributed by atoms with Crippen molar-refractivity contribution in [3.63, 3.8) is 0 Å². The van der Waals surface area contributed by atoms with Gasteiger partial charge in [0.25, 0.3) is 5.91 Å². The van der Waals surface area contributed by atoms with Gasteiger partial charge in [0.1, 0.15) is 5.69 Å². The molecule has 4 aromatic rings. The maximum atomic E-state index is 13.4. The maximum Gasteiger partial charge on any atom is 0.268 e. The summed E-state index contributed by atoms with van der Waals surface area (Å²) in [6.45, 7) is 0.839. The first-order chi connectivity index (χ1) is 14.7. The molecule has 0 saturated heterocycles. The van der Waals surface area contributed by atoms with Crippen LogP contribution in [-0.2, 0) is 23.5 Å². The summed E-state index contributed by atoms with van der Waals surface area (Å²) in [6.07, 6.45) is 1.84. The molecule has 1 unspecified atom stereocenters. The summed E-state index contributed by atoms with van der Waals surface area (Å²) in [6, 6.07) is 26.4. The van der Waals surface area contributed by atoms with Crippen molar-refractivity contribution in [2.75, 3.05) is 4.90 Å². The first kappa shape index (κ1) is 18.3. The molecule has 3 aromatic carbocycles. The number of aromatic nitrogens is 3. The lowest BCUT2D eigenvalue weighted by Gasteiger charge is -2.23. The molecular weight excluding hydrogens is 376 g/mol. The predicted molar refractivity (Wildman–Crippen MR) is 113 cm³/mol. The highest BCUT2D eigenvalue weighted by Crippen LogP contribution is 2.44. The van der Waals surface area contributed by atoms with Gasteiger partial charge in [-0.25, -0.2) is 4.68 Å². The molecule has 30 heavy (non-hydrogen) atoms. The Kier molecular flexibility index (Phi) is 4.41. The number of fused-ring (bicyclic) bond motifs is 1. The third-order valence-corrected chi connectivity index (χ3v) is 5.42. The van der Waals surface area contributed by atoms with Gasteiger partial charge in [0.15, 0.2) is 5.60 Å². The van der Waals surface area contributed by atoms with Crippen LogP contribution in [0, 0.1) is 0 Å². The van der Waals surface area contributed by atoms with E-state index in [9.17, 15) is 9.90 Å². The Labute approximate surface area is 174 Å². The Morgan fingerprint density at radius 2 is 1.50 bits per heavy atom. The fraction of sp³-hybridized carbons (Fsp3) is 0.125. The summed E-state index contributed by atoms with van der Waals surface area (Å²) in [5.41, 5.74) is 1.89. The molecule has 1 N–H and O–H groups in total. The number of hydrogen-bond donors (Lipinski definition) is 1. The molecule has 0 saturated carbocycles. The van der Waals surface area contributed by atoms with E-state index in [1.165, 1.54) is 0 Å². The second-order valence-corrected chi connectivity index (χ2v) is 7.38. The Morgan fingerprint density at radius 1 is 0.833 bits per heavy atom. The second kappa shape index (κ2) is 7.24. The molecule has 5 rings (SSSR count). The normalized spacial score (nSPS) is 17.9. The zero-order valence-corrected chi connectivity index (χ0v) is 16.2. The van der Waals surface area contributed by atoms with E-state index in [1.54, 1.807) is 27.8 Å². The minimum absolute atomic E-state index is 0.236. The largest absolute Gasteiger partial charge is 0.372 e. The molecule has 1 atom stereocenters. The lowest BCUT2D eigenvalue weighted by atomic mass is 9.88. The zero-order chi connectivity index (χ0) is 20.6. The highest BCUT2D eigenvalue weighted by molar-refractivity contribution is 6.08. The van der Waals surface area contributed by atoms with E-state index in [1.807, 2.05) is 72.9 Å². The van der Waals surface area contributed by atoms with Crippen LogP contribution in [0.1, 0.15) is 22.4 Å². The first-order valence-corrected chi connectivity index (χ1v) is 9.78. The van der Waals surface area contributed by atoms with Crippen molar-refractivity contribution < 1.29 is 9.90 Å². The van der Waals surface area contributed by atoms with Crippen molar-refractivity contribution in [1.82, 2.24) is 15.0 Å². The van der Waals surface area contributed by atoms with Gasteiger partial charge in [0, 0.05) is 5.56 Å². The molecule has 1 amide bonds. The quantitative estimate of drug-likeness (QED) is 0.563. The molecule has 148 valence electrons. The third-order valence-electron chi connectivity index (χ3n) is 5.42. The van der Waals surface area contributed by atoms with Crippen LogP contribution >= 0.6 is 0 Å². The van der Waals surface area contributed by atoms with Crippen LogP contribution in [0.3, 0.4) is 0 Å². The van der Waals surface area contributed by atoms with Crippen molar-refractivity contribution in [3.05, 3.63) is 114 Å². The maximum absolute atomic E-state index is 13.4. The van der Waals surface area contributed by atoms with Gasteiger partial charge in [0.05, 0.1) is 25.0 Å². The molecular formula is C24H20N4O2. The number of para-hydroxylation sites is 1. The number of rotatable bonds is 5. The number of aliphatic hydroxyl groups is 1. The van der Waals surface area contributed by atoms with Crippen molar-refractivity contribution in [2.45, 2.75) is 18.7 Å². The monoisotopic (exact) mass is 396 g/mol. The molecule has 1 aromatic heterocycles. The third kappa shape index (κ3) is 2.98. The van der Waals surface area contributed by atoms with Crippen molar-refractivity contribution in [3.8, 4) is 0 Å². The number of nitrogens with zero attached hydrogens (tertiary/aromatic N) is 4. The zero-order valence-electron chi connectivity index (χ0n) is 16.2. The van der Waals surface area contributed by atoms with E-state index in [0.717, 1.165) is 5.56 Å². The summed E-state index contributed by atoms with van der Waals surface area (Å²) in [5, 5.41) is 19.9. The molecule has 0 aliphatic carbocycles. The molecule has 0 fully saturated rings. The highest BCUT2D eigenvalue weighted by atomic mass is 16.3. The van der Waals surface area contributed by atoms with E-state index in [-0.39, 0.29) is 12.5 Å². The fourth-order valence-corrected chi connectivity index (χ4v) is 3.97. The number of hydrogen-bond acceptors (Lipinski definition) is 4. The van der Waals surface area contributed by atoms with E-state index < -0.39 is 5.60 Å². The summed E-state index contributed by atoms with van der Waals surface area (Å²) in [5.74, 6) is -0.382. The van der Waals surface area contributed by atoms with Crippen molar-refractivity contribution in [1.29, 1.82) is 0 Å². The Balaban J connectivity index is 1.45. The van der Waals surface area contributed by atoms with Gasteiger partial charge in [-0.05, 0) is 17.2 Å². The molecule has 0 radical (unpaired) electrons. The average Bonchev–Trinajstić information content (AvgIpc) is 3.32. The van der Waals surface area contributed by atoms with Crippen LogP contribution in [0.5, 0.6) is 0 Å². The van der Waals surface area contributed by atoms with Gasteiger partial charge in [-0.3, -0.25) is 4.79 Å². The number of anilines is 1. The van der Waals surface area contributed by atoms with E-state index >= 15 is 0 Å². The fourth-order valence-electron chi connectivity index (χ4n) is 3.97. The Morgan fingerprint density at radius 3 is 2.27 bits per heavy atom. The van der Waals surface area contributed by atoms with E-state index in [2.05, 4.69) is 10.3 Å².